The lowest BCUT2D eigenvalue weighted by Crippen LogP contribution is -2.41. The van der Waals surface area contributed by atoms with Crippen molar-refractivity contribution in [3.05, 3.63) is 34.3 Å². The van der Waals surface area contributed by atoms with Crippen molar-refractivity contribution in [2.45, 2.75) is 50.1 Å². The highest BCUT2D eigenvalue weighted by Gasteiger charge is 2.31. The van der Waals surface area contributed by atoms with Crippen molar-refractivity contribution < 1.29 is 4.79 Å². The molecule has 0 aromatic heterocycles. The molecule has 20 heavy (non-hydrogen) atoms. The van der Waals surface area contributed by atoms with Crippen molar-refractivity contribution in [1.82, 2.24) is 10.6 Å². The summed E-state index contributed by atoms with van der Waals surface area (Å²) in [5.74, 6) is 0.852. The molecule has 0 unspecified atom stereocenters. The number of carbonyl (C=O) groups excluding carboxylic acids is 1. The summed E-state index contributed by atoms with van der Waals surface area (Å²) in [6.45, 7) is 0.798. The van der Waals surface area contributed by atoms with Gasteiger partial charge < -0.3 is 10.6 Å². The van der Waals surface area contributed by atoms with Gasteiger partial charge in [0, 0.05) is 29.5 Å². The van der Waals surface area contributed by atoms with Gasteiger partial charge in [0.1, 0.15) is 0 Å². The second-order valence-corrected chi connectivity index (χ2v) is 6.79. The molecule has 0 spiro atoms. The molecule has 0 atom stereocenters. The fraction of sp³-hybridized carbons (Fsp3) is 0.562. The van der Waals surface area contributed by atoms with Crippen LogP contribution in [0, 0.1) is 0 Å². The summed E-state index contributed by atoms with van der Waals surface area (Å²) in [5.41, 5.74) is 1.41. The van der Waals surface area contributed by atoms with Crippen LogP contribution in [-0.4, -0.2) is 24.5 Å². The normalized spacial score (nSPS) is 25.1. The molecule has 1 amide bonds. The summed E-state index contributed by atoms with van der Waals surface area (Å²) in [6.07, 6.45) is 5.28. The lowest BCUT2D eigenvalue weighted by atomic mass is 9.76. The average molecular weight is 337 g/mol. The van der Waals surface area contributed by atoms with Gasteiger partial charge in [-0.15, -0.1) is 0 Å². The highest BCUT2D eigenvalue weighted by Crippen LogP contribution is 2.39. The summed E-state index contributed by atoms with van der Waals surface area (Å²) < 4.78 is 1.22. The number of amides is 1. The predicted molar refractivity (Wildman–Crippen MR) is 83.7 cm³/mol. The van der Waals surface area contributed by atoms with Crippen molar-refractivity contribution in [2.75, 3.05) is 6.54 Å². The van der Waals surface area contributed by atoms with Gasteiger partial charge in [-0.2, -0.15) is 0 Å². The van der Waals surface area contributed by atoms with Gasteiger partial charge in [-0.25, -0.2) is 0 Å². The maximum atomic E-state index is 11.6. The number of nitrogens with one attached hydrogen (secondary N) is 2. The SMILES string of the molecule is O=C(CCNC1CC(c2ccccc2Br)C1)NC1CC1. The quantitative estimate of drug-likeness (QED) is 0.838. The lowest BCUT2D eigenvalue weighted by molar-refractivity contribution is -0.121. The van der Waals surface area contributed by atoms with Gasteiger partial charge >= 0.3 is 0 Å². The average Bonchev–Trinajstić information content (AvgIpc) is 3.17. The largest absolute Gasteiger partial charge is 0.353 e. The Kier molecular flexibility index (Phi) is 4.41. The third-order valence-corrected chi connectivity index (χ3v) is 4.93. The first-order valence-corrected chi connectivity index (χ1v) is 8.29. The van der Waals surface area contributed by atoms with Crippen molar-refractivity contribution in [2.24, 2.45) is 0 Å². The van der Waals surface area contributed by atoms with Crippen molar-refractivity contribution in [3.63, 3.8) is 0 Å². The molecule has 0 heterocycles. The number of rotatable bonds is 6. The lowest BCUT2D eigenvalue weighted by Gasteiger charge is -2.37. The van der Waals surface area contributed by atoms with Gasteiger partial charge in [-0.3, -0.25) is 4.79 Å². The van der Waals surface area contributed by atoms with Crippen LogP contribution >= 0.6 is 15.9 Å². The fourth-order valence-corrected chi connectivity index (χ4v) is 3.37. The third-order valence-electron chi connectivity index (χ3n) is 4.21. The Morgan fingerprint density at radius 1 is 1.20 bits per heavy atom. The molecule has 108 valence electrons. The van der Waals surface area contributed by atoms with Crippen LogP contribution in [0.1, 0.15) is 43.6 Å². The van der Waals surface area contributed by atoms with Crippen molar-refractivity contribution >= 4 is 21.8 Å². The van der Waals surface area contributed by atoms with E-state index in [9.17, 15) is 4.79 Å². The summed E-state index contributed by atoms with van der Waals surface area (Å²) in [6, 6.07) is 9.52. The van der Waals surface area contributed by atoms with E-state index < -0.39 is 0 Å². The number of benzene rings is 1. The zero-order valence-electron chi connectivity index (χ0n) is 11.6. The standard InChI is InChI=1S/C16H21BrN2O/c17-15-4-2-1-3-14(15)11-9-13(10-11)18-8-7-16(20)19-12-5-6-12/h1-4,11-13,18H,5-10H2,(H,19,20). The van der Waals surface area contributed by atoms with E-state index in [1.54, 1.807) is 0 Å². The first-order chi connectivity index (χ1) is 9.72. The second-order valence-electron chi connectivity index (χ2n) is 5.93. The van der Waals surface area contributed by atoms with Crippen LogP contribution in [0.3, 0.4) is 0 Å². The molecule has 0 bridgehead atoms. The van der Waals surface area contributed by atoms with Gasteiger partial charge in [0.25, 0.3) is 0 Å². The Morgan fingerprint density at radius 3 is 2.65 bits per heavy atom. The van der Waals surface area contributed by atoms with E-state index in [2.05, 4.69) is 50.8 Å². The summed E-state index contributed by atoms with van der Waals surface area (Å²) in [7, 11) is 0. The molecule has 2 aliphatic rings. The molecule has 3 nitrogen and oxygen atoms in total. The Balaban J connectivity index is 1.34. The molecule has 2 N–H and O–H groups in total. The number of hydrogen-bond donors (Lipinski definition) is 2. The van der Waals surface area contributed by atoms with Crippen molar-refractivity contribution in [3.8, 4) is 0 Å². The molecule has 0 saturated heterocycles. The molecule has 0 radical (unpaired) electrons. The third kappa shape index (κ3) is 3.61. The number of hydrogen-bond acceptors (Lipinski definition) is 2. The Labute approximate surface area is 128 Å². The minimum Gasteiger partial charge on any atom is -0.353 e. The van der Waals surface area contributed by atoms with E-state index >= 15 is 0 Å². The van der Waals surface area contributed by atoms with E-state index in [-0.39, 0.29) is 5.91 Å². The zero-order valence-corrected chi connectivity index (χ0v) is 13.2. The number of halogens is 1. The Bertz CT molecular complexity index is 481. The maximum absolute atomic E-state index is 11.6. The van der Waals surface area contributed by atoms with Gasteiger partial charge in [0.15, 0.2) is 0 Å². The molecule has 2 aliphatic carbocycles. The van der Waals surface area contributed by atoms with Gasteiger partial charge in [-0.05, 0) is 43.2 Å². The summed E-state index contributed by atoms with van der Waals surface area (Å²) in [4.78, 5) is 11.6. The first kappa shape index (κ1) is 14.1. The summed E-state index contributed by atoms with van der Waals surface area (Å²) in [5, 5.41) is 6.51. The molecule has 1 aromatic carbocycles. The van der Waals surface area contributed by atoms with Crippen LogP contribution in [0.2, 0.25) is 0 Å². The molecule has 1 aromatic rings. The van der Waals surface area contributed by atoms with E-state index in [1.807, 2.05) is 0 Å². The van der Waals surface area contributed by atoms with E-state index in [0.717, 1.165) is 19.4 Å². The predicted octanol–water partition coefficient (Wildman–Crippen LogP) is 2.95. The highest BCUT2D eigenvalue weighted by molar-refractivity contribution is 9.10. The smallest absolute Gasteiger partial charge is 0.221 e. The molecular formula is C16H21BrN2O. The van der Waals surface area contributed by atoms with E-state index in [0.29, 0.717) is 24.4 Å². The van der Waals surface area contributed by atoms with Crippen LogP contribution < -0.4 is 10.6 Å². The maximum Gasteiger partial charge on any atom is 0.221 e. The Hall–Kier alpha value is -0.870. The van der Waals surface area contributed by atoms with Crippen LogP contribution in [0.25, 0.3) is 0 Å². The fourth-order valence-electron chi connectivity index (χ4n) is 2.76. The molecule has 0 aliphatic heterocycles. The second kappa shape index (κ2) is 6.27. The molecular weight excluding hydrogens is 316 g/mol. The molecule has 2 saturated carbocycles. The van der Waals surface area contributed by atoms with Crippen LogP contribution in [0.4, 0.5) is 0 Å². The molecule has 4 heteroatoms. The van der Waals surface area contributed by atoms with Crippen LogP contribution in [-0.2, 0) is 4.79 Å². The first-order valence-electron chi connectivity index (χ1n) is 7.49. The van der Waals surface area contributed by atoms with E-state index in [4.69, 9.17) is 0 Å². The number of carbonyl (C=O) groups is 1. The van der Waals surface area contributed by atoms with Gasteiger partial charge in [0.05, 0.1) is 0 Å². The van der Waals surface area contributed by atoms with Gasteiger partial charge in [0.2, 0.25) is 5.91 Å². The van der Waals surface area contributed by atoms with Crippen LogP contribution in [0.15, 0.2) is 28.7 Å². The van der Waals surface area contributed by atoms with Gasteiger partial charge in [-0.1, -0.05) is 34.1 Å². The Morgan fingerprint density at radius 2 is 1.95 bits per heavy atom. The zero-order chi connectivity index (χ0) is 13.9. The topological polar surface area (TPSA) is 41.1 Å². The van der Waals surface area contributed by atoms with Crippen LogP contribution in [0.5, 0.6) is 0 Å². The monoisotopic (exact) mass is 336 g/mol. The molecule has 3 rings (SSSR count). The van der Waals surface area contributed by atoms with E-state index in [1.165, 1.54) is 22.9 Å². The minimum absolute atomic E-state index is 0.196. The molecule has 2 fully saturated rings. The highest BCUT2D eigenvalue weighted by atomic mass is 79.9. The summed E-state index contributed by atoms with van der Waals surface area (Å²) >= 11 is 3.62. The minimum atomic E-state index is 0.196. The van der Waals surface area contributed by atoms with Crippen molar-refractivity contribution in [1.29, 1.82) is 0 Å².